The van der Waals surface area contributed by atoms with Crippen LogP contribution in [0.4, 0.5) is 0 Å². The second kappa shape index (κ2) is 7.02. The molecule has 1 heterocycles. The molecule has 0 fully saturated rings. The second-order valence-electron chi connectivity index (χ2n) is 5.05. The molecule has 0 aliphatic rings. The fraction of sp³-hybridized carbons (Fsp3) is 0.769. The summed E-state index contributed by atoms with van der Waals surface area (Å²) in [5, 5.41) is 6.88. The molecular weight excluding hydrogens is 216 g/mol. The molecule has 1 aromatic heterocycles. The Morgan fingerprint density at radius 1 is 1.25 bits per heavy atom. The van der Waals surface area contributed by atoms with E-state index in [2.05, 4.69) is 38.0 Å². The first kappa shape index (κ1) is 13.7. The molecule has 16 heavy (non-hydrogen) atoms. The van der Waals surface area contributed by atoms with Gasteiger partial charge in [0, 0.05) is 30.1 Å². The van der Waals surface area contributed by atoms with Crippen molar-refractivity contribution in [2.45, 2.75) is 52.5 Å². The molecule has 0 spiro atoms. The third-order valence-electron chi connectivity index (χ3n) is 2.82. The standard InChI is InChI=1S/C13H24N2S/c1-10(2)5-6-12(4)15-9-11(3)13-14-7-8-16-13/h7-8,10-12,15H,5-6,9H2,1-4H3. The van der Waals surface area contributed by atoms with Crippen LogP contribution in [0.2, 0.25) is 0 Å². The Kier molecular flexibility index (Phi) is 5.99. The van der Waals surface area contributed by atoms with E-state index in [1.165, 1.54) is 17.8 Å². The number of thiazole rings is 1. The van der Waals surface area contributed by atoms with E-state index in [1.807, 2.05) is 11.6 Å². The summed E-state index contributed by atoms with van der Waals surface area (Å²) in [4.78, 5) is 4.35. The van der Waals surface area contributed by atoms with E-state index in [4.69, 9.17) is 0 Å². The van der Waals surface area contributed by atoms with Gasteiger partial charge < -0.3 is 5.32 Å². The topological polar surface area (TPSA) is 24.9 Å². The summed E-state index contributed by atoms with van der Waals surface area (Å²) >= 11 is 1.75. The monoisotopic (exact) mass is 240 g/mol. The third kappa shape index (κ3) is 5.08. The Bertz CT molecular complexity index is 269. The van der Waals surface area contributed by atoms with Crippen LogP contribution in [-0.4, -0.2) is 17.6 Å². The lowest BCUT2D eigenvalue weighted by atomic mass is 10.0. The van der Waals surface area contributed by atoms with Crippen molar-refractivity contribution in [2.75, 3.05) is 6.54 Å². The molecule has 0 aliphatic heterocycles. The summed E-state index contributed by atoms with van der Waals surface area (Å²) in [7, 11) is 0. The molecular formula is C13H24N2S. The van der Waals surface area contributed by atoms with Crippen LogP contribution >= 0.6 is 11.3 Å². The number of hydrogen-bond acceptors (Lipinski definition) is 3. The van der Waals surface area contributed by atoms with E-state index in [-0.39, 0.29) is 0 Å². The molecule has 1 rings (SSSR count). The van der Waals surface area contributed by atoms with E-state index in [0.717, 1.165) is 12.5 Å². The number of nitrogens with one attached hydrogen (secondary N) is 1. The summed E-state index contributed by atoms with van der Waals surface area (Å²) in [6, 6.07) is 0.616. The van der Waals surface area contributed by atoms with Crippen LogP contribution in [0.3, 0.4) is 0 Å². The quantitative estimate of drug-likeness (QED) is 0.786. The van der Waals surface area contributed by atoms with Gasteiger partial charge in [0.1, 0.15) is 0 Å². The van der Waals surface area contributed by atoms with Crippen molar-refractivity contribution < 1.29 is 0 Å². The van der Waals surface area contributed by atoms with Crippen molar-refractivity contribution in [1.29, 1.82) is 0 Å². The van der Waals surface area contributed by atoms with E-state index >= 15 is 0 Å². The van der Waals surface area contributed by atoms with Gasteiger partial charge in [-0.1, -0.05) is 20.8 Å². The summed E-state index contributed by atoms with van der Waals surface area (Å²) < 4.78 is 0. The minimum absolute atomic E-state index is 0.529. The van der Waals surface area contributed by atoms with Crippen LogP contribution in [0.5, 0.6) is 0 Å². The van der Waals surface area contributed by atoms with Gasteiger partial charge in [0.05, 0.1) is 5.01 Å². The Balaban J connectivity index is 2.19. The van der Waals surface area contributed by atoms with Crippen molar-refractivity contribution in [3.63, 3.8) is 0 Å². The zero-order valence-corrected chi connectivity index (χ0v) is 11.7. The molecule has 0 saturated heterocycles. The normalized spacial score (nSPS) is 15.3. The average Bonchev–Trinajstić information content (AvgIpc) is 2.76. The highest BCUT2D eigenvalue weighted by Crippen LogP contribution is 2.17. The molecule has 0 bridgehead atoms. The first-order chi connectivity index (χ1) is 7.59. The smallest absolute Gasteiger partial charge is 0.0965 e. The minimum Gasteiger partial charge on any atom is -0.314 e. The predicted molar refractivity (Wildman–Crippen MR) is 72.1 cm³/mol. The van der Waals surface area contributed by atoms with Gasteiger partial charge in [-0.2, -0.15) is 0 Å². The summed E-state index contributed by atoms with van der Waals surface area (Å²) in [6.07, 6.45) is 4.46. The van der Waals surface area contributed by atoms with Gasteiger partial charge in [-0.3, -0.25) is 0 Å². The lowest BCUT2D eigenvalue weighted by Gasteiger charge is -2.17. The minimum atomic E-state index is 0.529. The van der Waals surface area contributed by atoms with E-state index in [1.54, 1.807) is 11.3 Å². The number of nitrogens with zero attached hydrogens (tertiary/aromatic N) is 1. The molecule has 0 amide bonds. The van der Waals surface area contributed by atoms with Gasteiger partial charge in [0.15, 0.2) is 0 Å². The first-order valence-electron chi connectivity index (χ1n) is 6.22. The van der Waals surface area contributed by atoms with Gasteiger partial charge in [-0.15, -0.1) is 11.3 Å². The summed E-state index contributed by atoms with van der Waals surface area (Å²) in [5.74, 6) is 1.34. The molecule has 92 valence electrons. The second-order valence-corrected chi connectivity index (χ2v) is 5.98. The van der Waals surface area contributed by atoms with Crippen molar-refractivity contribution in [3.8, 4) is 0 Å². The van der Waals surface area contributed by atoms with Crippen molar-refractivity contribution in [3.05, 3.63) is 16.6 Å². The molecule has 0 saturated carbocycles. The lowest BCUT2D eigenvalue weighted by molar-refractivity contribution is 0.441. The summed E-state index contributed by atoms with van der Waals surface area (Å²) in [6.45, 7) is 10.1. The van der Waals surface area contributed by atoms with Gasteiger partial charge in [0.25, 0.3) is 0 Å². The van der Waals surface area contributed by atoms with E-state index in [9.17, 15) is 0 Å². The zero-order chi connectivity index (χ0) is 12.0. The number of rotatable bonds is 7. The molecule has 1 N–H and O–H groups in total. The highest BCUT2D eigenvalue weighted by molar-refractivity contribution is 7.09. The van der Waals surface area contributed by atoms with Crippen LogP contribution in [0, 0.1) is 5.92 Å². The maximum Gasteiger partial charge on any atom is 0.0965 e. The zero-order valence-electron chi connectivity index (χ0n) is 10.9. The van der Waals surface area contributed by atoms with E-state index in [0.29, 0.717) is 12.0 Å². The molecule has 0 aromatic carbocycles. The molecule has 2 atom stereocenters. The van der Waals surface area contributed by atoms with Crippen LogP contribution in [0.15, 0.2) is 11.6 Å². The lowest BCUT2D eigenvalue weighted by Crippen LogP contribution is -2.29. The molecule has 1 aromatic rings. The van der Waals surface area contributed by atoms with E-state index < -0.39 is 0 Å². The van der Waals surface area contributed by atoms with Crippen molar-refractivity contribution in [1.82, 2.24) is 10.3 Å². The fourth-order valence-electron chi connectivity index (χ4n) is 1.63. The molecule has 0 radical (unpaired) electrons. The van der Waals surface area contributed by atoms with Gasteiger partial charge >= 0.3 is 0 Å². The van der Waals surface area contributed by atoms with Gasteiger partial charge in [0.2, 0.25) is 0 Å². The Labute approximate surface area is 103 Å². The number of hydrogen-bond donors (Lipinski definition) is 1. The Morgan fingerprint density at radius 2 is 2.00 bits per heavy atom. The SMILES string of the molecule is CC(C)CCC(C)NCC(C)c1nccs1. The Hall–Kier alpha value is -0.410. The predicted octanol–water partition coefficient (Wildman–Crippen LogP) is 3.66. The molecule has 0 aliphatic carbocycles. The first-order valence-corrected chi connectivity index (χ1v) is 7.10. The van der Waals surface area contributed by atoms with Crippen LogP contribution < -0.4 is 5.32 Å². The van der Waals surface area contributed by atoms with Crippen LogP contribution in [0.25, 0.3) is 0 Å². The van der Waals surface area contributed by atoms with Crippen LogP contribution in [0.1, 0.15) is 51.5 Å². The summed E-state index contributed by atoms with van der Waals surface area (Å²) in [5.41, 5.74) is 0. The van der Waals surface area contributed by atoms with Gasteiger partial charge in [-0.25, -0.2) is 4.98 Å². The van der Waals surface area contributed by atoms with Crippen molar-refractivity contribution in [2.24, 2.45) is 5.92 Å². The molecule has 3 heteroatoms. The maximum atomic E-state index is 4.35. The third-order valence-corrected chi connectivity index (χ3v) is 3.83. The molecule has 2 nitrogen and oxygen atoms in total. The maximum absolute atomic E-state index is 4.35. The highest BCUT2D eigenvalue weighted by Gasteiger charge is 2.09. The number of aromatic nitrogens is 1. The highest BCUT2D eigenvalue weighted by atomic mass is 32.1. The van der Waals surface area contributed by atoms with Gasteiger partial charge in [-0.05, 0) is 25.7 Å². The largest absolute Gasteiger partial charge is 0.314 e. The average molecular weight is 240 g/mol. The Morgan fingerprint density at radius 3 is 2.56 bits per heavy atom. The molecule has 2 unspecified atom stereocenters. The van der Waals surface area contributed by atoms with Crippen molar-refractivity contribution >= 4 is 11.3 Å². The fourth-order valence-corrected chi connectivity index (χ4v) is 2.33. The van der Waals surface area contributed by atoms with Crippen LogP contribution in [-0.2, 0) is 0 Å².